The molecule has 19 heavy (non-hydrogen) atoms. The molecule has 0 aromatic heterocycles. The predicted molar refractivity (Wildman–Crippen MR) is 88.0 cm³/mol. The molecule has 2 heteroatoms. The van der Waals surface area contributed by atoms with E-state index in [1.54, 1.807) is 0 Å². The summed E-state index contributed by atoms with van der Waals surface area (Å²) in [5.41, 5.74) is 0.0176. The zero-order valence-corrected chi connectivity index (χ0v) is 14.8. The molecule has 0 saturated heterocycles. The minimum atomic E-state index is 0.0176. The van der Waals surface area contributed by atoms with Crippen LogP contribution in [-0.2, 0) is 4.74 Å². The molecule has 0 saturated carbocycles. The van der Waals surface area contributed by atoms with Gasteiger partial charge in [0.05, 0.1) is 5.60 Å². The first-order valence-corrected chi connectivity index (χ1v) is 8.10. The molecule has 0 fully saturated rings. The summed E-state index contributed by atoms with van der Waals surface area (Å²) in [6.07, 6.45) is 2.25. The molecule has 0 aliphatic rings. The number of ether oxygens (including phenoxy) is 1. The molecule has 0 rings (SSSR count). The molecule has 0 spiro atoms. The van der Waals surface area contributed by atoms with Crippen LogP contribution in [0.3, 0.4) is 0 Å². The van der Waals surface area contributed by atoms with Crippen LogP contribution in [0.4, 0.5) is 0 Å². The van der Waals surface area contributed by atoms with Crippen molar-refractivity contribution in [2.24, 2.45) is 23.7 Å². The maximum Gasteiger partial charge on any atom is 0.110 e. The summed E-state index contributed by atoms with van der Waals surface area (Å²) in [6, 6.07) is 0. The zero-order valence-electron chi connectivity index (χ0n) is 14.8. The van der Waals surface area contributed by atoms with E-state index in [2.05, 4.69) is 62.6 Å². The van der Waals surface area contributed by atoms with Gasteiger partial charge in [0.25, 0.3) is 0 Å². The Hall–Kier alpha value is 0.0249. The summed E-state index contributed by atoms with van der Waals surface area (Å²) >= 11 is 0. The van der Waals surface area contributed by atoms with Gasteiger partial charge in [-0.15, -0.1) is 0 Å². The predicted octanol–water partition coefficient (Wildman–Crippen LogP) is 5.30. The lowest BCUT2D eigenvalue weighted by Gasteiger charge is -2.47. The number of rotatable bonds is 9. The molecule has 3 atom stereocenters. The van der Waals surface area contributed by atoms with Crippen LogP contribution in [-0.4, -0.2) is 20.0 Å². The Balaban J connectivity index is 5.50. The summed E-state index contributed by atoms with van der Waals surface area (Å²) in [7, 11) is 4.31. The van der Waals surface area contributed by atoms with Crippen LogP contribution in [0.1, 0.15) is 61.3 Å². The fourth-order valence-corrected chi connectivity index (χ4v) is 3.98. The van der Waals surface area contributed by atoms with Crippen molar-refractivity contribution in [3.05, 3.63) is 0 Å². The van der Waals surface area contributed by atoms with Gasteiger partial charge in [-0.3, -0.25) is 0 Å². The first-order valence-electron chi connectivity index (χ1n) is 8.10. The van der Waals surface area contributed by atoms with Crippen molar-refractivity contribution in [1.82, 2.24) is 0 Å². The van der Waals surface area contributed by atoms with Crippen molar-refractivity contribution in [1.29, 1.82) is 0 Å². The Labute approximate surface area is 123 Å². The van der Waals surface area contributed by atoms with Crippen molar-refractivity contribution in [3.63, 3.8) is 0 Å². The highest BCUT2D eigenvalue weighted by Gasteiger charge is 2.43. The van der Waals surface area contributed by atoms with Crippen molar-refractivity contribution in [3.8, 4) is 0 Å². The third-order valence-electron chi connectivity index (χ3n) is 4.65. The van der Waals surface area contributed by atoms with Gasteiger partial charge in [-0.1, -0.05) is 67.0 Å². The molecule has 0 aromatic rings. The number of methoxy groups -OCH3 is 1. The highest BCUT2D eigenvalue weighted by atomic mass is 16.5. The Morgan fingerprint density at radius 1 is 1.00 bits per heavy atom. The van der Waals surface area contributed by atoms with E-state index in [1.807, 2.05) is 7.11 Å². The number of hydrogen-bond donors (Lipinski definition) is 0. The molecule has 1 nitrogen and oxygen atoms in total. The molecule has 3 unspecified atom stereocenters. The van der Waals surface area contributed by atoms with Crippen LogP contribution in [0, 0.1) is 23.7 Å². The van der Waals surface area contributed by atoms with E-state index >= 15 is 0 Å². The molecule has 1 radical (unpaired) electrons. The molecule has 0 amide bonds. The SMILES string of the molecule is C[B]C(C(C)C)C(C(C)C)C(CC)(CC(C)C)OC. The smallest absolute Gasteiger partial charge is 0.110 e. The zero-order chi connectivity index (χ0) is 15.2. The molecule has 0 bridgehead atoms. The highest BCUT2D eigenvalue weighted by Crippen LogP contribution is 2.45. The fourth-order valence-electron chi connectivity index (χ4n) is 3.98. The molecule has 113 valence electrons. The topological polar surface area (TPSA) is 9.23 Å². The summed E-state index contributed by atoms with van der Waals surface area (Å²) in [4.78, 5) is 0. The second kappa shape index (κ2) is 8.34. The van der Waals surface area contributed by atoms with Crippen molar-refractivity contribution < 1.29 is 4.74 Å². The molecule has 0 aromatic carbocycles. The first kappa shape index (κ1) is 19.0. The average molecular weight is 267 g/mol. The maximum absolute atomic E-state index is 6.13. The van der Waals surface area contributed by atoms with Crippen molar-refractivity contribution in [2.75, 3.05) is 7.11 Å². The number of hydrogen-bond acceptors (Lipinski definition) is 1. The van der Waals surface area contributed by atoms with Crippen molar-refractivity contribution in [2.45, 2.75) is 79.5 Å². The van der Waals surface area contributed by atoms with Crippen LogP contribution in [0.2, 0.25) is 12.6 Å². The molecular weight excluding hydrogens is 231 g/mol. The Morgan fingerprint density at radius 2 is 1.53 bits per heavy atom. The van der Waals surface area contributed by atoms with E-state index in [-0.39, 0.29) is 5.60 Å². The quantitative estimate of drug-likeness (QED) is 0.515. The van der Waals surface area contributed by atoms with Crippen LogP contribution in [0.15, 0.2) is 0 Å². The maximum atomic E-state index is 6.13. The Kier molecular flexibility index (Phi) is 8.35. The molecule has 0 heterocycles. The van der Waals surface area contributed by atoms with Crippen molar-refractivity contribution >= 4 is 7.28 Å². The fraction of sp³-hybridized carbons (Fsp3) is 1.00. The monoisotopic (exact) mass is 267 g/mol. The van der Waals surface area contributed by atoms with Gasteiger partial charge in [-0.25, -0.2) is 0 Å². The van der Waals surface area contributed by atoms with Gasteiger partial charge >= 0.3 is 0 Å². The summed E-state index contributed by atoms with van der Waals surface area (Å²) in [5, 5.41) is 0. The Bertz CT molecular complexity index is 231. The first-order chi connectivity index (χ1) is 8.75. The van der Waals surface area contributed by atoms with Crippen LogP contribution in [0.5, 0.6) is 0 Å². The van der Waals surface area contributed by atoms with Gasteiger partial charge in [0, 0.05) is 7.11 Å². The van der Waals surface area contributed by atoms with E-state index in [1.165, 1.54) is 0 Å². The van der Waals surface area contributed by atoms with Gasteiger partial charge < -0.3 is 4.74 Å². The average Bonchev–Trinajstić information content (AvgIpc) is 2.32. The van der Waals surface area contributed by atoms with Crippen LogP contribution >= 0.6 is 0 Å². The Morgan fingerprint density at radius 3 is 1.74 bits per heavy atom. The second-order valence-corrected chi connectivity index (χ2v) is 7.14. The second-order valence-electron chi connectivity index (χ2n) is 7.14. The van der Waals surface area contributed by atoms with E-state index in [4.69, 9.17) is 4.74 Å². The standard InChI is InChI=1S/C17H36BO/c1-10-17(19-9,11-12(2)3)15(13(4)5)16(18-8)14(6)7/h12-16H,10-11H2,1-9H3. The van der Waals surface area contributed by atoms with E-state index < -0.39 is 0 Å². The van der Waals surface area contributed by atoms with E-state index in [0.717, 1.165) is 12.8 Å². The third-order valence-corrected chi connectivity index (χ3v) is 4.65. The van der Waals surface area contributed by atoms with Gasteiger partial charge in [-0.2, -0.15) is 0 Å². The summed E-state index contributed by atoms with van der Waals surface area (Å²) in [6.45, 7) is 18.5. The largest absolute Gasteiger partial charge is 0.378 e. The third kappa shape index (κ3) is 4.81. The molecule has 0 aliphatic heterocycles. The van der Waals surface area contributed by atoms with E-state index in [0.29, 0.717) is 29.5 Å². The molecule has 0 aliphatic carbocycles. The lowest BCUT2D eigenvalue weighted by Crippen LogP contribution is -2.47. The normalized spacial score (nSPS) is 18.7. The lowest BCUT2D eigenvalue weighted by atomic mass is 9.50. The van der Waals surface area contributed by atoms with E-state index in [9.17, 15) is 0 Å². The van der Waals surface area contributed by atoms with Gasteiger partial charge in [0.1, 0.15) is 7.28 Å². The summed E-state index contributed by atoms with van der Waals surface area (Å²) < 4.78 is 6.13. The lowest BCUT2D eigenvalue weighted by molar-refractivity contribution is -0.0952. The van der Waals surface area contributed by atoms with Crippen LogP contribution in [0.25, 0.3) is 0 Å². The summed E-state index contributed by atoms with van der Waals surface area (Å²) in [5.74, 6) is 3.20. The highest BCUT2D eigenvalue weighted by molar-refractivity contribution is 6.35. The molecular formula is C17H36BO. The van der Waals surface area contributed by atoms with Gasteiger partial charge in [0.2, 0.25) is 0 Å². The van der Waals surface area contributed by atoms with Crippen LogP contribution < -0.4 is 0 Å². The minimum absolute atomic E-state index is 0.0176. The van der Waals surface area contributed by atoms with Gasteiger partial charge in [-0.05, 0) is 30.6 Å². The molecule has 0 N–H and O–H groups in total. The van der Waals surface area contributed by atoms with Gasteiger partial charge in [0.15, 0.2) is 0 Å². The minimum Gasteiger partial charge on any atom is -0.378 e.